The molecule has 382 valence electrons. The van der Waals surface area contributed by atoms with Gasteiger partial charge in [0.2, 0.25) is 0 Å². The highest BCUT2D eigenvalue weighted by molar-refractivity contribution is 5.71. The highest BCUT2D eigenvalue weighted by Crippen LogP contribution is 2.12. The van der Waals surface area contributed by atoms with E-state index in [2.05, 4.69) is 142 Å². The summed E-state index contributed by atoms with van der Waals surface area (Å²) in [5.74, 6) is -1.07. The van der Waals surface area contributed by atoms with Crippen molar-refractivity contribution in [2.75, 3.05) is 13.2 Å². The molecule has 6 nitrogen and oxygen atoms in total. The van der Waals surface area contributed by atoms with E-state index in [-0.39, 0.29) is 50.4 Å². The summed E-state index contributed by atoms with van der Waals surface area (Å²) in [4.78, 5) is 38.0. The number of carbonyl (C=O) groups is 3. The lowest BCUT2D eigenvalue weighted by Crippen LogP contribution is -2.30. The maximum absolute atomic E-state index is 12.8. The van der Waals surface area contributed by atoms with Crippen LogP contribution >= 0.6 is 0 Å². The first-order valence-electron chi connectivity index (χ1n) is 27.2. The van der Waals surface area contributed by atoms with Gasteiger partial charge in [0.05, 0.1) is 0 Å². The van der Waals surface area contributed by atoms with Crippen molar-refractivity contribution in [1.82, 2.24) is 0 Å². The summed E-state index contributed by atoms with van der Waals surface area (Å²) < 4.78 is 16.7. The maximum atomic E-state index is 12.8. The molecule has 0 aromatic heterocycles. The normalized spacial score (nSPS) is 13.2. The maximum Gasteiger partial charge on any atom is 0.306 e. The van der Waals surface area contributed by atoms with Crippen LogP contribution in [-0.4, -0.2) is 37.2 Å². The lowest BCUT2D eigenvalue weighted by atomic mass is 10.1. The van der Waals surface area contributed by atoms with Gasteiger partial charge in [-0.05, 0) is 122 Å². The van der Waals surface area contributed by atoms with Gasteiger partial charge in [-0.2, -0.15) is 0 Å². The minimum atomic E-state index is -0.834. The number of unbranched alkanes of at least 4 members (excludes halogenated alkanes) is 14. The number of esters is 3. The topological polar surface area (TPSA) is 78.9 Å². The largest absolute Gasteiger partial charge is 0.462 e. The molecule has 0 saturated carbocycles. The standard InChI is InChI=1S/C62H98O6/c1-4-7-10-13-16-19-22-25-27-29-30-31-32-33-35-37-40-43-46-49-52-55-61(64)67-58-59(57-66-60(63)54-51-48-45-42-39-36-24-21-18-15-12-9-6-3)68-62(65)56-53-50-47-44-41-38-34-28-26-23-20-17-14-11-8-5-2/h7,9-10,12,16,18-19,21,25,27-28,30-31,33-36,39-40,43,45,48,59H,4-6,8,11,13-15,17,20,22-24,26,29,32,37-38,41-42,44,46-47,49-58H2,1-3H3/b10-7-,12-9-,19-16-,21-18-,27-25-,31-30-,34-28-,35-33-,39-36-,43-40-,48-45-. The predicted molar refractivity (Wildman–Crippen MR) is 292 cm³/mol. The summed E-state index contributed by atoms with van der Waals surface area (Å²) in [6.07, 6.45) is 77.4. The molecule has 6 heteroatoms. The second kappa shape index (κ2) is 55.1. The number of hydrogen-bond acceptors (Lipinski definition) is 6. The smallest absolute Gasteiger partial charge is 0.306 e. The van der Waals surface area contributed by atoms with Crippen molar-refractivity contribution in [1.29, 1.82) is 0 Å². The predicted octanol–water partition coefficient (Wildman–Crippen LogP) is 18.3. The second-order valence-corrected chi connectivity index (χ2v) is 17.4. The molecule has 1 atom stereocenters. The summed E-state index contributed by atoms with van der Waals surface area (Å²) in [5.41, 5.74) is 0. The average molecular weight is 939 g/mol. The monoisotopic (exact) mass is 939 g/mol. The quantitative estimate of drug-likeness (QED) is 0.0262. The fourth-order valence-electron chi connectivity index (χ4n) is 6.86. The molecule has 0 heterocycles. The second-order valence-electron chi connectivity index (χ2n) is 17.4. The van der Waals surface area contributed by atoms with Crippen LogP contribution in [0.25, 0.3) is 0 Å². The number of carbonyl (C=O) groups excluding carboxylic acids is 3. The number of hydrogen-bond donors (Lipinski definition) is 0. The van der Waals surface area contributed by atoms with Crippen LogP contribution in [0.15, 0.2) is 134 Å². The first kappa shape index (κ1) is 63.6. The molecule has 0 fully saturated rings. The molecule has 0 aliphatic rings. The van der Waals surface area contributed by atoms with Crippen LogP contribution in [0.2, 0.25) is 0 Å². The first-order chi connectivity index (χ1) is 33.5. The Morgan fingerprint density at radius 3 is 1.03 bits per heavy atom. The molecule has 0 N–H and O–H groups in total. The van der Waals surface area contributed by atoms with Gasteiger partial charge >= 0.3 is 17.9 Å². The van der Waals surface area contributed by atoms with Gasteiger partial charge in [0, 0.05) is 19.3 Å². The summed E-state index contributed by atoms with van der Waals surface area (Å²) in [6, 6.07) is 0. The van der Waals surface area contributed by atoms with E-state index in [1.54, 1.807) is 0 Å². The van der Waals surface area contributed by atoms with Crippen molar-refractivity contribution in [3.05, 3.63) is 134 Å². The van der Waals surface area contributed by atoms with Gasteiger partial charge in [-0.25, -0.2) is 0 Å². The molecule has 0 aromatic rings. The minimum absolute atomic E-state index is 0.131. The van der Waals surface area contributed by atoms with E-state index in [1.807, 2.05) is 12.2 Å². The van der Waals surface area contributed by atoms with Crippen molar-refractivity contribution in [2.45, 2.75) is 226 Å². The molecule has 0 amide bonds. The third kappa shape index (κ3) is 52.5. The Balaban J connectivity index is 4.55. The highest BCUT2D eigenvalue weighted by Gasteiger charge is 2.19. The number of ether oxygens (including phenoxy) is 3. The molecule has 1 unspecified atom stereocenters. The summed E-state index contributed by atoms with van der Waals surface area (Å²) in [5, 5.41) is 0. The molecule has 68 heavy (non-hydrogen) atoms. The van der Waals surface area contributed by atoms with Crippen molar-refractivity contribution < 1.29 is 28.6 Å². The molecule has 0 rings (SSSR count). The number of rotatable bonds is 47. The average Bonchev–Trinajstić information content (AvgIpc) is 3.34. The Labute approximate surface area is 417 Å². The molecule has 0 aromatic carbocycles. The Kier molecular flexibility index (Phi) is 51.5. The van der Waals surface area contributed by atoms with Crippen molar-refractivity contribution in [2.24, 2.45) is 0 Å². The van der Waals surface area contributed by atoms with E-state index < -0.39 is 6.10 Å². The van der Waals surface area contributed by atoms with Crippen LogP contribution in [0.1, 0.15) is 220 Å². The fraction of sp³-hybridized carbons (Fsp3) is 0.597. The summed E-state index contributed by atoms with van der Waals surface area (Å²) in [6.45, 7) is 6.28. The Morgan fingerprint density at radius 1 is 0.309 bits per heavy atom. The molecule has 0 spiro atoms. The third-order valence-corrected chi connectivity index (χ3v) is 10.9. The van der Waals surface area contributed by atoms with Gasteiger partial charge in [-0.15, -0.1) is 0 Å². The van der Waals surface area contributed by atoms with Crippen LogP contribution < -0.4 is 0 Å². The van der Waals surface area contributed by atoms with E-state index in [4.69, 9.17) is 14.2 Å². The number of allylic oxidation sites excluding steroid dienone is 22. The Bertz CT molecular complexity index is 1500. The molecular weight excluding hydrogens is 841 g/mol. The zero-order valence-corrected chi connectivity index (χ0v) is 43.6. The van der Waals surface area contributed by atoms with Gasteiger partial charge in [0.15, 0.2) is 6.10 Å². The van der Waals surface area contributed by atoms with Gasteiger partial charge in [-0.1, -0.05) is 212 Å². The SMILES string of the molecule is CC/C=C\C/C=C\C/C=C\C/C=C\C/C=C\C/C=C\CCCCC(=O)OCC(COC(=O)CC/C=C\C/C=C\C/C=C\C/C=C\CC)OC(=O)CCCCCCC/C=C\CCCCCCCCC. The van der Waals surface area contributed by atoms with E-state index in [1.165, 1.54) is 57.8 Å². The zero-order chi connectivity index (χ0) is 49.3. The van der Waals surface area contributed by atoms with Crippen LogP contribution in [0.3, 0.4) is 0 Å². The van der Waals surface area contributed by atoms with Crippen LogP contribution in [-0.2, 0) is 28.6 Å². The van der Waals surface area contributed by atoms with Gasteiger partial charge in [0.25, 0.3) is 0 Å². The molecular formula is C62H98O6. The molecule has 0 aliphatic heterocycles. The van der Waals surface area contributed by atoms with E-state index in [0.29, 0.717) is 12.8 Å². The first-order valence-corrected chi connectivity index (χ1v) is 27.2. The van der Waals surface area contributed by atoms with Gasteiger partial charge in [0.1, 0.15) is 13.2 Å². The van der Waals surface area contributed by atoms with Crippen LogP contribution in [0, 0.1) is 0 Å². The van der Waals surface area contributed by atoms with Crippen LogP contribution in [0.4, 0.5) is 0 Å². The molecule has 0 radical (unpaired) electrons. The fourth-order valence-corrected chi connectivity index (χ4v) is 6.86. The highest BCUT2D eigenvalue weighted by atomic mass is 16.6. The van der Waals surface area contributed by atoms with Gasteiger partial charge in [-0.3, -0.25) is 14.4 Å². The van der Waals surface area contributed by atoms with Gasteiger partial charge < -0.3 is 14.2 Å². The molecule has 0 bridgehead atoms. The Hall–Kier alpha value is -4.45. The van der Waals surface area contributed by atoms with E-state index in [9.17, 15) is 14.4 Å². The molecule has 0 aliphatic carbocycles. The van der Waals surface area contributed by atoms with Crippen molar-refractivity contribution >= 4 is 17.9 Å². The Morgan fingerprint density at radius 2 is 0.603 bits per heavy atom. The van der Waals surface area contributed by atoms with Crippen molar-refractivity contribution in [3.8, 4) is 0 Å². The minimum Gasteiger partial charge on any atom is -0.462 e. The lowest BCUT2D eigenvalue weighted by molar-refractivity contribution is -0.166. The van der Waals surface area contributed by atoms with E-state index >= 15 is 0 Å². The van der Waals surface area contributed by atoms with Crippen LogP contribution in [0.5, 0.6) is 0 Å². The lowest BCUT2D eigenvalue weighted by Gasteiger charge is -2.18. The summed E-state index contributed by atoms with van der Waals surface area (Å²) in [7, 11) is 0. The third-order valence-electron chi connectivity index (χ3n) is 10.9. The zero-order valence-electron chi connectivity index (χ0n) is 43.6. The summed E-state index contributed by atoms with van der Waals surface area (Å²) >= 11 is 0. The molecule has 0 saturated heterocycles. The van der Waals surface area contributed by atoms with Crippen molar-refractivity contribution in [3.63, 3.8) is 0 Å². The van der Waals surface area contributed by atoms with E-state index in [0.717, 1.165) is 109 Å².